The van der Waals surface area contributed by atoms with Gasteiger partial charge in [0.2, 0.25) is 5.13 Å². The first-order chi connectivity index (χ1) is 11.2. The van der Waals surface area contributed by atoms with Crippen LogP contribution in [0.15, 0.2) is 48.8 Å². The summed E-state index contributed by atoms with van der Waals surface area (Å²) in [6.45, 7) is -0.161. The third-order valence-electron chi connectivity index (χ3n) is 2.78. The Labute approximate surface area is 141 Å². The number of hydrogen-bond donors (Lipinski definition) is 1. The van der Waals surface area contributed by atoms with Crippen LogP contribution in [-0.2, 0) is 4.79 Å². The fraction of sp³-hybridized carbons (Fsp3) is 0.0667. The van der Waals surface area contributed by atoms with E-state index in [0.29, 0.717) is 20.9 Å². The number of carbonyl (C=O) groups is 1. The molecule has 0 saturated heterocycles. The Kier molecular flexibility index (Phi) is 4.80. The van der Waals surface area contributed by atoms with Crippen molar-refractivity contribution in [1.29, 1.82) is 0 Å². The quantitative estimate of drug-likeness (QED) is 0.767. The van der Waals surface area contributed by atoms with E-state index in [1.165, 1.54) is 11.3 Å². The van der Waals surface area contributed by atoms with Crippen molar-refractivity contribution in [3.63, 3.8) is 0 Å². The van der Waals surface area contributed by atoms with Crippen LogP contribution in [0.2, 0.25) is 5.02 Å². The molecule has 23 heavy (non-hydrogen) atoms. The number of halogens is 1. The van der Waals surface area contributed by atoms with E-state index in [2.05, 4.69) is 20.5 Å². The number of pyridine rings is 1. The van der Waals surface area contributed by atoms with E-state index in [1.807, 2.05) is 12.1 Å². The zero-order valence-electron chi connectivity index (χ0n) is 11.8. The lowest BCUT2D eigenvalue weighted by Gasteiger charge is -2.06. The van der Waals surface area contributed by atoms with E-state index in [1.54, 1.807) is 36.7 Å². The molecule has 1 amide bonds. The van der Waals surface area contributed by atoms with Crippen LogP contribution in [0.1, 0.15) is 0 Å². The molecule has 2 aromatic heterocycles. The van der Waals surface area contributed by atoms with Crippen LogP contribution in [0.5, 0.6) is 5.75 Å². The third-order valence-corrected chi connectivity index (χ3v) is 3.98. The molecule has 2 heterocycles. The van der Waals surface area contributed by atoms with E-state index in [0.717, 1.165) is 5.56 Å². The highest BCUT2D eigenvalue weighted by molar-refractivity contribution is 7.18. The fourth-order valence-corrected chi connectivity index (χ4v) is 2.68. The van der Waals surface area contributed by atoms with Crippen LogP contribution in [-0.4, -0.2) is 27.7 Å². The van der Waals surface area contributed by atoms with Gasteiger partial charge in [-0.15, -0.1) is 10.2 Å². The number of anilines is 1. The lowest BCUT2D eigenvalue weighted by Crippen LogP contribution is -2.20. The van der Waals surface area contributed by atoms with Gasteiger partial charge in [0.05, 0.1) is 5.02 Å². The second-order valence-electron chi connectivity index (χ2n) is 4.42. The van der Waals surface area contributed by atoms with Crippen molar-refractivity contribution in [2.45, 2.75) is 0 Å². The van der Waals surface area contributed by atoms with Gasteiger partial charge in [0, 0.05) is 18.0 Å². The Morgan fingerprint density at radius 2 is 2.09 bits per heavy atom. The Bertz CT molecular complexity index is 810. The molecule has 0 fully saturated rings. The Balaban J connectivity index is 1.58. The smallest absolute Gasteiger partial charge is 0.264 e. The second kappa shape index (κ2) is 7.17. The molecule has 0 bridgehead atoms. The van der Waals surface area contributed by atoms with Crippen molar-refractivity contribution in [1.82, 2.24) is 15.2 Å². The Morgan fingerprint density at radius 1 is 1.22 bits per heavy atom. The van der Waals surface area contributed by atoms with Gasteiger partial charge in [-0.2, -0.15) is 0 Å². The number of aromatic nitrogens is 3. The van der Waals surface area contributed by atoms with Crippen LogP contribution in [0.25, 0.3) is 10.6 Å². The van der Waals surface area contributed by atoms with Crippen LogP contribution in [0.4, 0.5) is 5.13 Å². The standard InChI is InChI=1S/C15H11ClN4O2S/c16-11-5-1-2-6-12(11)22-9-13(21)18-15-20-19-14(23-15)10-4-3-7-17-8-10/h1-8H,9H2,(H,18,20,21). The summed E-state index contributed by atoms with van der Waals surface area (Å²) in [4.78, 5) is 15.9. The zero-order valence-corrected chi connectivity index (χ0v) is 13.3. The average Bonchev–Trinajstić information content (AvgIpc) is 3.03. The highest BCUT2D eigenvalue weighted by atomic mass is 35.5. The van der Waals surface area contributed by atoms with Crippen molar-refractivity contribution >= 4 is 34.0 Å². The normalized spacial score (nSPS) is 10.3. The highest BCUT2D eigenvalue weighted by Gasteiger charge is 2.11. The number of ether oxygens (including phenoxy) is 1. The van der Waals surface area contributed by atoms with Crippen LogP contribution < -0.4 is 10.1 Å². The van der Waals surface area contributed by atoms with E-state index in [9.17, 15) is 4.79 Å². The fourth-order valence-electron chi connectivity index (χ4n) is 1.74. The average molecular weight is 347 g/mol. The molecule has 0 saturated carbocycles. The van der Waals surface area contributed by atoms with Crippen LogP contribution in [0, 0.1) is 0 Å². The summed E-state index contributed by atoms with van der Waals surface area (Å²) in [5.74, 6) is 0.122. The number of rotatable bonds is 5. The molecule has 116 valence electrons. The maximum atomic E-state index is 11.9. The summed E-state index contributed by atoms with van der Waals surface area (Å²) in [6, 6.07) is 10.6. The lowest BCUT2D eigenvalue weighted by atomic mass is 10.3. The van der Waals surface area contributed by atoms with E-state index < -0.39 is 0 Å². The topological polar surface area (TPSA) is 77.0 Å². The highest BCUT2D eigenvalue weighted by Crippen LogP contribution is 2.26. The van der Waals surface area contributed by atoms with Crippen molar-refractivity contribution in [3.8, 4) is 16.3 Å². The first-order valence-corrected chi connectivity index (χ1v) is 7.83. The molecule has 0 unspecified atom stereocenters. The van der Waals surface area contributed by atoms with Gasteiger partial charge in [-0.3, -0.25) is 15.1 Å². The first kappa shape index (κ1) is 15.4. The van der Waals surface area contributed by atoms with Crippen molar-refractivity contribution in [2.75, 3.05) is 11.9 Å². The van der Waals surface area contributed by atoms with Gasteiger partial charge in [0.1, 0.15) is 5.75 Å². The molecule has 1 aromatic carbocycles. The minimum atomic E-state index is -0.334. The first-order valence-electron chi connectivity index (χ1n) is 6.63. The molecule has 0 aliphatic rings. The van der Waals surface area contributed by atoms with Gasteiger partial charge in [0.15, 0.2) is 11.6 Å². The minimum absolute atomic E-state index is 0.161. The molecule has 6 nitrogen and oxygen atoms in total. The van der Waals surface area contributed by atoms with Crippen molar-refractivity contribution in [2.24, 2.45) is 0 Å². The van der Waals surface area contributed by atoms with Crippen LogP contribution >= 0.6 is 22.9 Å². The zero-order chi connectivity index (χ0) is 16.1. The summed E-state index contributed by atoms with van der Waals surface area (Å²) in [7, 11) is 0. The molecule has 3 aromatic rings. The Morgan fingerprint density at radius 3 is 2.87 bits per heavy atom. The second-order valence-corrected chi connectivity index (χ2v) is 5.81. The summed E-state index contributed by atoms with van der Waals surface area (Å²) in [5, 5.41) is 12.1. The maximum absolute atomic E-state index is 11.9. The number of para-hydroxylation sites is 1. The van der Waals surface area contributed by atoms with E-state index >= 15 is 0 Å². The third kappa shape index (κ3) is 4.02. The molecule has 0 spiro atoms. The lowest BCUT2D eigenvalue weighted by molar-refractivity contribution is -0.118. The van der Waals surface area contributed by atoms with Crippen molar-refractivity contribution < 1.29 is 9.53 Å². The maximum Gasteiger partial charge on any atom is 0.264 e. The summed E-state index contributed by atoms with van der Waals surface area (Å²) in [5.41, 5.74) is 0.845. The van der Waals surface area contributed by atoms with Crippen molar-refractivity contribution in [3.05, 3.63) is 53.8 Å². The molecule has 8 heteroatoms. The van der Waals surface area contributed by atoms with E-state index in [-0.39, 0.29) is 12.5 Å². The van der Waals surface area contributed by atoms with Gasteiger partial charge in [-0.1, -0.05) is 35.1 Å². The molecule has 0 aliphatic heterocycles. The van der Waals surface area contributed by atoms with Gasteiger partial charge in [0.25, 0.3) is 5.91 Å². The number of benzene rings is 1. The Hall–Kier alpha value is -2.51. The number of hydrogen-bond acceptors (Lipinski definition) is 6. The van der Waals surface area contributed by atoms with Gasteiger partial charge < -0.3 is 4.74 Å². The number of nitrogens with one attached hydrogen (secondary N) is 1. The minimum Gasteiger partial charge on any atom is -0.482 e. The van der Waals surface area contributed by atoms with Gasteiger partial charge >= 0.3 is 0 Å². The molecular weight excluding hydrogens is 336 g/mol. The molecule has 1 N–H and O–H groups in total. The predicted molar refractivity (Wildman–Crippen MR) is 88.7 cm³/mol. The molecule has 3 rings (SSSR count). The van der Waals surface area contributed by atoms with Crippen LogP contribution in [0.3, 0.4) is 0 Å². The SMILES string of the molecule is O=C(COc1ccccc1Cl)Nc1nnc(-c2cccnc2)s1. The molecule has 0 atom stereocenters. The molecule has 0 radical (unpaired) electrons. The van der Waals surface area contributed by atoms with E-state index in [4.69, 9.17) is 16.3 Å². The number of amides is 1. The largest absolute Gasteiger partial charge is 0.482 e. The van der Waals surface area contributed by atoms with Gasteiger partial charge in [-0.25, -0.2) is 0 Å². The summed E-state index contributed by atoms with van der Waals surface area (Å²) >= 11 is 7.22. The van der Waals surface area contributed by atoms with Gasteiger partial charge in [-0.05, 0) is 24.3 Å². The number of carbonyl (C=O) groups excluding carboxylic acids is 1. The monoisotopic (exact) mass is 346 g/mol. The predicted octanol–water partition coefficient (Wildman–Crippen LogP) is 3.27. The summed E-state index contributed by atoms with van der Waals surface area (Å²) in [6.07, 6.45) is 3.37. The number of nitrogens with zero attached hydrogens (tertiary/aromatic N) is 3. The molecule has 0 aliphatic carbocycles. The summed E-state index contributed by atoms with van der Waals surface area (Å²) < 4.78 is 5.36. The molecular formula is C15H11ClN4O2S.